The predicted molar refractivity (Wildman–Crippen MR) is 124 cm³/mol. The van der Waals surface area contributed by atoms with E-state index in [0.29, 0.717) is 22.3 Å². The van der Waals surface area contributed by atoms with Crippen molar-refractivity contribution >= 4 is 28.0 Å². The van der Waals surface area contributed by atoms with Crippen molar-refractivity contribution in [3.63, 3.8) is 0 Å². The van der Waals surface area contributed by atoms with Gasteiger partial charge in [-0.05, 0) is 48.0 Å². The van der Waals surface area contributed by atoms with Crippen molar-refractivity contribution in [3.8, 4) is 11.3 Å². The van der Waals surface area contributed by atoms with Crippen LogP contribution in [-0.4, -0.2) is 27.7 Å². The minimum atomic E-state index is -0.557. The van der Waals surface area contributed by atoms with Crippen LogP contribution in [-0.2, 0) is 4.74 Å². The third-order valence-corrected chi connectivity index (χ3v) is 5.55. The fourth-order valence-electron chi connectivity index (χ4n) is 3.94. The van der Waals surface area contributed by atoms with Crippen LogP contribution >= 0.6 is 0 Å². The van der Waals surface area contributed by atoms with Crippen molar-refractivity contribution in [2.75, 3.05) is 6.61 Å². The summed E-state index contributed by atoms with van der Waals surface area (Å²) >= 11 is 0. The third-order valence-electron chi connectivity index (χ3n) is 5.55. The first-order valence-corrected chi connectivity index (χ1v) is 10.5. The molecule has 0 N–H and O–H groups in total. The molecule has 0 unspecified atom stereocenters. The van der Waals surface area contributed by atoms with Crippen LogP contribution in [0, 0.1) is 5.82 Å². The molecule has 0 bridgehead atoms. The summed E-state index contributed by atoms with van der Waals surface area (Å²) in [4.78, 5) is 30.5. The molecule has 2 aromatic heterocycles. The maximum atomic E-state index is 14.3. The predicted octanol–water partition coefficient (Wildman–Crippen LogP) is 5.70. The van der Waals surface area contributed by atoms with E-state index >= 15 is 0 Å². The SMILES string of the molecule is CCOC(=O)c1cc(C(=O)c2ccc3ccccc3c2)n2cnc(-c3ccccc3F)cc12. The van der Waals surface area contributed by atoms with Crippen LogP contribution in [0.5, 0.6) is 0 Å². The van der Waals surface area contributed by atoms with E-state index in [2.05, 4.69) is 4.98 Å². The number of aromatic nitrogens is 2. The fraction of sp³-hybridized carbons (Fsp3) is 0.0741. The average molecular weight is 438 g/mol. The van der Waals surface area contributed by atoms with Gasteiger partial charge in [0.25, 0.3) is 0 Å². The molecule has 3 aromatic carbocycles. The van der Waals surface area contributed by atoms with E-state index in [9.17, 15) is 14.0 Å². The Kier molecular flexibility index (Phi) is 5.18. The van der Waals surface area contributed by atoms with Gasteiger partial charge in [0.1, 0.15) is 12.1 Å². The topological polar surface area (TPSA) is 60.7 Å². The number of nitrogens with zero attached hydrogens (tertiary/aromatic N) is 2. The minimum absolute atomic E-state index is 0.190. The highest BCUT2D eigenvalue weighted by Gasteiger charge is 2.23. The highest BCUT2D eigenvalue weighted by atomic mass is 19.1. The van der Waals surface area contributed by atoms with Crippen LogP contribution in [0.3, 0.4) is 0 Å². The zero-order valence-electron chi connectivity index (χ0n) is 17.8. The molecule has 5 aromatic rings. The molecular weight excluding hydrogens is 419 g/mol. The smallest absolute Gasteiger partial charge is 0.340 e. The van der Waals surface area contributed by atoms with E-state index in [0.717, 1.165) is 10.8 Å². The number of halogens is 1. The van der Waals surface area contributed by atoms with Crippen molar-refractivity contribution in [2.24, 2.45) is 0 Å². The molecular formula is C27H19FN2O3. The van der Waals surface area contributed by atoms with Gasteiger partial charge in [0, 0.05) is 11.1 Å². The normalized spacial score (nSPS) is 11.1. The van der Waals surface area contributed by atoms with Crippen molar-refractivity contribution in [1.29, 1.82) is 0 Å². The van der Waals surface area contributed by atoms with Crippen LogP contribution in [0.25, 0.3) is 27.5 Å². The summed E-state index contributed by atoms with van der Waals surface area (Å²) in [6.45, 7) is 1.90. The summed E-state index contributed by atoms with van der Waals surface area (Å²) in [5.74, 6) is -1.24. The molecule has 0 saturated carbocycles. The first kappa shape index (κ1) is 20.6. The van der Waals surface area contributed by atoms with E-state index in [1.165, 1.54) is 18.5 Å². The number of esters is 1. The quantitative estimate of drug-likeness (QED) is 0.261. The van der Waals surface area contributed by atoms with Gasteiger partial charge in [0.05, 0.1) is 29.1 Å². The Morgan fingerprint density at radius 3 is 2.48 bits per heavy atom. The first-order chi connectivity index (χ1) is 16.1. The zero-order chi connectivity index (χ0) is 22.9. The van der Waals surface area contributed by atoms with Gasteiger partial charge in [-0.3, -0.25) is 9.20 Å². The molecule has 5 rings (SSSR count). The Hall–Kier alpha value is -4.32. The zero-order valence-corrected chi connectivity index (χ0v) is 17.8. The molecule has 5 nitrogen and oxygen atoms in total. The average Bonchev–Trinajstić information content (AvgIpc) is 3.22. The second kappa shape index (κ2) is 8.31. The van der Waals surface area contributed by atoms with Crippen LogP contribution in [0.15, 0.2) is 85.2 Å². The molecule has 0 spiro atoms. The number of benzene rings is 3. The molecule has 0 aliphatic rings. The highest BCUT2D eigenvalue weighted by Crippen LogP contribution is 2.27. The monoisotopic (exact) mass is 438 g/mol. The van der Waals surface area contributed by atoms with E-state index in [1.54, 1.807) is 41.7 Å². The molecule has 0 amide bonds. The van der Waals surface area contributed by atoms with Crippen molar-refractivity contribution in [3.05, 3.63) is 108 Å². The maximum absolute atomic E-state index is 14.3. The lowest BCUT2D eigenvalue weighted by atomic mass is 10.0. The summed E-state index contributed by atoms with van der Waals surface area (Å²) in [6, 6.07) is 22.6. The molecule has 0 aliphatic carbocycles. The first-order valence-electron chi connectivity index (χ1n) is 10.5. The molecule has 0 aliphatic heterocycles. The number of hydrogen-bond donors (Lipinski definition) is 0. The summed E-state index contributed by atoms with van der Waals surface area (Å²) in [5.41, 5.74) is 2.07. The van der Waals surface area contributed by atoms with E-state index in [4.69, 9.17) is 4.74 Å². The van der Waals surface area contributed by atoms with Gasteiger partial charge < -0.3 is 4.74 Å². The molecule has 0 fully saturated rings. The molecule has 0 atom stereocenters. The number of carbonyl (C=O) groups excluding carboxylic acids is 2. The van der Waals surface area contributed by atoms with Gasteiger partial charge in [0.15, 0.2) is 0 Å². The summed E-state index contributed by atoms with van der Waals surface area (Å²) in [6.07, 6.45) is 1.44. The number of ketones is 1. The Morgan fingerprint density at radius 1 is 0.939 bits per heavy atom. The molecule has 2 heterocycles. The standard InChI is InChI=1S/C27H19FN2O3/c1-2-33-27(32)21-14-25(26(31)19-12-11-17-7-3-4-8-18(17)13-19)30-16-29-23(15-24(21)30)20-9-5-6-10-22(20)28/h3-16H,2H2,1H3. The maximum Gasteiger partial charge on any atom is 0.340 e. The lowest BCUT2D eigenvalue weighted by Gasteiger charge is -2.07. The van der Waals surface area contributed by atoms with E-state index < -0.39 is 11.8 Å². The second-order valence-electron chi connectivity index (χ2n) is 7.56. The summed E-state index contributed by atoms with van der Waals surface area (Å²) < 4.78 is 21.1. The van der Waals surface area contributed by atoms with Crippen molar-refractivity contribution in [2.45, 2.75) is 6.92 Å². The lowest BCUT2D eigenvalue weighted by molar-refractivity contribution is 0.0529. The van der Waals surface area contributed by atoms with E-state index in [1.807, 2.05) is 36.4 Å². The molecule has 162 valence electrons. The third kappa shape index (κ3) is 3.65. The Labute approximate surface area is 189 Å². The van der Waals surface area contributed by atoms with Gasteiger partial charge in [-0.25, -0.2) is 14.2 Å². The van der Waals surface area contributed by atoms with Crippen LogP contribution in [0.2, 0.25) is 0 Å². The largest absolute Gasteiger partial charge is 0.462 e. The van der Waals surface area contributed by atoms with Gasteiger partial charge in [-0.1, -0.05) is 48.5 Å². The van der Waals surface area contributed by atoms with Crippen LogP contribution in [0.4, 0.5) is 4.39 Å². The summed E-state index contributed by atoms with van der Waals surface area (Å²) in [7, 11) is 0. The molecule has 33 heavy (non-hydrogen) atoms. The summed E-state index contributed by atoms with van der Waals surface area (Å²) in [5, 5.41) is 1.97. The lowest BCUT2D eigenvalue weighted by Crippen LogP contribution is -2.06. The van der Waals surface area contributed by atoms with Gasteiger partial charge in [0.2, 0.25) is 5.78 Å². The minimum Gasteiger partial charge on any atom is -0.462 e. The number of hydrogen-bond acceptors (Lipinski definition) is 4. The van der Waals surface area contributed by atoms with Crippen LogP contribution < -0.4 is 0 Å². The van der Waals surface area contributed by atoms with Gasteiger partial charge >= 0.3 is 5.97 Å². The molecule has 0 radical (unpaired) electrons. The number of ether oxygens (including phenoxy) is 1. The van der Waals surface area contributed by atoms with Crippen molar-refractivity contribution < 1.29 is 18.7 Å². The molecule has 0 saturated heterocycles. The van der Waals surface area contributed by atoms with Gasteiger partial charge in [-0.15, -0.1) is 0 Å². The van der Waals surface area contributed by atoms with E-state index in [-0.39, 0.29) is 23.6 Å². The van der Waals surface area contributed by atoms with Crippen LogP contribution in [0.1, 0.15) is 33.3 Å². The fourth-order valence-corrected chi connectivity index (χ4v) is 3.94. The number of rotatable bonds is 5. The Morgan fingerprint density at radius 2 is 1.70 bits per heavy atom. The number of fused-ring (bicyclic) bond motifs is 2. The van der Waals surface area contributed by atoms with Crippen molar-refractivity contribution in [1.82, 2.24) is 9.38 Å². The Bertz CT molecular complexity index is 1540. The number of carbonyl (C=O) groups is 2. The molecule has 6 heteroatoms. The van der Waals surface area contributed by atoms with Gasteiger partial charge in [-0.2, -0.15) is 0 Å². The second-order valence-corrected chi connectivity index (χ2v) is 7.56. The highest BCUT2D eigenvalue weighted by molar-refractivity contribution is 6.12. The Balaban J connectivity index is 1.67.